The molecule has 0 atom stereocenters. The van der Waals surface area contributed by atoms with Crippen LogP contribution in [0, 0.1) is 0 Å². The van der Waals surface area contributed by atoms with Crippen molar-refractivity contribution in [3.05, 3.63) is 135 Å². The van der Waals surface area contributed by atoms with Crippen LogP contribution < -0.4 is 10.2 Å². The van der Waals surface area contributed by atoms with Crippen LogP contribution in [0.5, 0.6) is 5.75 Å². The fourth-order valence-electron chi connectivity index (χ4n) is 3.54. The van der Waals surface area contributed by atoms with Crippen molar-refractivity contribution in [1.29, 1.82) is 0 Å². The van der Waals surface area contributed by atoms with E-state index in [1.165, 1.54) is 6.21 Å². The summed E-state index contributed by atoms with van der Waals surface area (Å²) in [5.74, 6) is -0.129. The molecule has 4 aromatic rings. The summed E-state index contributed by atoms with van der Waals surface area (Å²) in [7, 11) is 0. The lowest BCUT2D eigenvalue weighted by atomic mass is 9.85. The number of hydrogen-bond acceptors (Lipinski definition) is 4. The Morgan fingerprint density at radius 2 is 1.49 bits per heavy atom. The highest BCUT2D eigenvalue weighted by molar-refractivity contribution is 6.35. The number of rotatable bonds is 8. The third-order valence-corrected chi connectivity index (χ3v) is 5.99. The average Bonchev–Trinajstić information content (AvgIpc) is 2.89. The smallest absolute Gasteiger partial charge is 0.281 e. The number of benzene rings is 4. The summed E-state index contributed by atoms with van der Waals surface area (Å²) in [6.45, 7) is 0.231. The van der Waals surface area contributed by atoms with Gasteiger partial charge in [0, 0.05) is 21.2 Å². The van der Waals surface area contributed by atoms with Crippen molar-refractivity contribution in [3.8, 4) is 5.75 Å². The number of hydrazone groups is 1. The Morgan fingerprint density at radius 3 is 2.11 bits per heavy atom. The Hall–Kier alpha value is -3.64. The molecule has 0 unspecified atom stereocenters. The van der Waals surface area contributed by atoms with E-state index in [1.807, 2.05) is 24.3 Å². The molecule has 2 N–H and O–H groups in total. The van der Waals surface area contributed by atoms with Crippen molar-refractivity contribution < 1.29 is 14.6 Å². The number of amides is 1. The van der Waals surface area contributed by atoms with Gasteiger partial charge < -0.3 is 9.84 Å². The topological polar surface area (TPSA) is 70.9 Å². The molecule has 1 amide bonds. The van der Waals surface area contributed by atoms with Gasteiger partial charge in [0.05, 0.1) is 6.21 Å². The van der Waals surface area contributed by atoms with Crippen LogP contribution in [0.1, 0.15) is 22.3 Å². The number of halogens is 2. The Balaban J connectivity index is 1.52. The first-order chi connectivity index (χ1) is 17.0. The molecule has 0 fully saturated rings. The molecule has 176 valence electrons. The molecule has 4 aromatic carbocycles. The van der Waals surface area contributed by atoms with Crippen LogP contribution in [0.25, 0.3) is 0 Å². The number of carbonyl (C=O) groups is 1. The Bertz CT molecular complexity index is 1290. The van der Waals surface area contributed by atoms with Gasteiger partial charge in [-0.05, 0) is 35.4 Å². The molecule has 0 aliphatic rings. The van der Waals surface area contributed by atoms with Crippen LogP contribution in [0.15, 0.2) is 108 Å². The molecule has 7 heteroatoms. The third kappa shape index (κ3) is 5.72. The maximum Gasteiger partial charge on any atom is 0.281 e. The zero-order valence-electron chi connectivity index (χ0n) is 18.6. The summed E-state index contributed by atoms with van der Waals surface area (Å²) < 4.78 is 5.93. The molecule has 0 aromatic heterocycles. The van der Waals surface area contributed by atoms with Crippen LogP contribution in [0.4, 0.5) is 0 Å². The molecule has 0 spiro atoms. The van der Waals surface area contributed by atoms with E-state index >= 15 is 0 Å². The predicted octanol–water partition coefficient (Wildman–Crippen LogP) is 5.96. The van der Waals surface area contributed by atoms with Gasteiger partial charge in [-0.2, -0.15) is 5.10 Å². The molecule has 0 saturated carbocycles. The van der Waals surface area contributed by atoms with E-state index in [9.17, 15) is 9.90 Å². The van der Waals surface area contributed by atoms with Crippen molar-refractivity contribution >= 4 is 35.3 Å². The van der Waals surface area contributed by atoms with Crippen LogP contribution in [0.3, 0.4) is 0 Å². The number of aliphatic hydroxyl groups is 1. The first kappa shape index (κ1) is 24.5. The zero-order chi connectivity index (χ0) is 24.7. The summed E-state index contributed by atoms with van der Waals surface area (Å²) in [4.78, 5) is 13.2. The highest BCUT2D eigenvalue weighted by atomic mass is 35.5. The van der Waals surface area contributed by atoms with Crippen molar-refractivity contribution in [2.24, 2.45) is 5.10 Å². The number of carbonyl (C=O) groups excluding carboxylic acids is 1. The van der Waals surface area contributed by atoms with Gasteiger partial charge in [-0.25, -0.2) is 5.43 Å². The van der Waals surface area contributed by atoms with E-state index in [-0.39, 0.29) is 6.61 Å². The lowest BCUT2D eigenvalue weighted by Gasteiger charge is -2.27. The van der Waals surface area contributed by atoms with Crippen molar-refractivity contribution in [2.75, 3.05) is 0 Å². The Morgan fingerprint density at radius 1 is 0.886 bits per heavy atom. The van der Waals surface area contributed by atoms with E-state index < -0.39 is 11.5 Å². The van der Waals surface area contributed by atoms with Gasteiger partial charge >= 0.3 is 0 Å². The molecular weight excluding hydrogens is 483 g/mol. The Kier molecular flexibility index (Phi) is 7.83. The zero-order valence-corrected chi connectivity index (χ0v) is 20.1. The van der Waals surface area contributed by atoms with Gasteiger partial charge in [0.2, 0.25) is 0 Å². The highest BCUT2D eigenvalue weighted by Crippen LogP contribution is 2.30. The quantitative estimate of drug-likeness (QED) is 0.229. The Labute approximate surface area is 213 Å². The van der Waals surface area contributed by atoms with E-state index in [4.69, 9.17) is 27.9 Å². The second kappa shape index (κ2) is 11.2. The van der Waals surface area contributed by atoms with Crippen molar-refractivity contribution in [1.82, 2.24) is 5.43 Å². The number of nitrogens with one attached hydrogen (secondary N) is 1. The predicted molar refractivity (Wildman–Crippen MR) is 139 cm³/mol. The first-order valence-corrected chi connectivity index (χ1v) is 11.6. The highest BCUT2D eigenvalue weighted by Gasteiger charge is 2.39. The maximum absolute atomic E-state index is 13.2. The molecule has 4 rings (SSSR count). The molecule has 35 heavy (non-hydrogen) atoms. The second-order valence-corrected chi connectivity index (χ2v) is 8.55. The number of para-hydroxylation sites is 1. The summed E-state index contributed by atoms with van der Waals surface area (Å²) in [5.41, 5.74) is 2.85. The molecule has 0 bridgehead atoms. The minimum absolute atomic E-state index is 0.231. The first-order valence-electron chi connectivity index (χ1n) is 10.8. The largest absolute Gasteiger partial charge is 0.488 e. The minimum atomic E-state index is -1.92. The molecular formula is C28H22Cl2N2O3. The van der Waals surface area contributed by atoms with Crippen LogP contribution in [-0.2, 0) is 17.0 Å². The molecule has 5 nitrogen and oxygen atoms in total. The standard InChI is InChI=1S/C28H22Cl2N2O3/c29-24-16-15-21(25(30)17-24)19-35-26-14-8-7-9-20(26)18-31-32-27(33)28(34,22-10-3-1-4-11-22)23-12-5-2-6-13-23/h1-18,34H,19H2,(H,32,33)/b31-18-. The fraction of sp³-hybridized carbons (Fsp3) is 0.0714. The van der Waals surface area contributed by atoms with Gasteiger partial charge in [-0.3, -0.25) is 4.79 Å². The van der Waals surface area contributed by atoms with Crippen LogP contribution in [-0.4, -0.2) is 17.2 Å². The number of hydrogen-bond donors (Lipinski definition) is 2. The van der Waals surface area contributed by atoms with E-state index in [1.54, 1.807) is 78.9 Å². The minimum Gasteiger partial charge on any atom is -0.488 e. The SMILES string of the molecule is O=C(N/N=C\c1ccccc1OCc1ccc(Cl)cc1Cl)C(O)(c1ccccc1)c1ccccc1. The van der Waals surface area contributed by atoms with Crippen molar-refractivity contribution in [2.45, 2.75) is 12.2 Å². The lowest BCUT2D eigenvalue weighted by Crippen LogP contribution is -2.43. The van der Waals surface area contributed by atoms with Crippen molar-refractivity contribution in [3.63, 3.8) is 0 Å². The molecule has 0 saturated heterocycles. The van der Waals surface area contributed by atoms with Gasteiger partial charge in [0.25, 0.3) is 5.91 Å². The summed E-state index contributed by atoms with van der Waals surface area (Å²) in [5, 5.41) is 16.7. The lowest BCUT2D eigenvalue weighted by molar-refractivity contribution is -0.136. The van der Waals surface area contributed by atoms with Crippen LogP contribution >= 0.6 is 23.2 Å². The average molecular weight is 505 g/mol. The maximum atomic E-state index is 13.2. The fourth-order valence-corrected chi connectivity index (χ4v) is 4.00. The van der Waals surface area contributed by atoms with E-state index in [2.05, 4.69) is 10.5 Å². The second-order valence-electron chi connectivity index (χ2n) is 7.70. The van der Waals surface area contributed by atoms with E-state index in [0.717, 1.165) is 5.56 Å². The summed E-state index contributed by atoms with van der Waals surface area (Å²) in [6, 6.07) is 29.9. The monoisotopic (exact) mass is 504 g/mol. The van der Waals surface area contributed by atoms with Gasteiger partial charge in [-0.1, -0.05) is 102 Å². The van der Waals surface area contributed by atoms with Gasteiger partial charge in [0.15, 0.2) is 5.60 Å². The van der Waals surface area contributed by atoms with Gasteiger partial charge in [-0.15, -0.1) is 0 Å². The normalized spacial score (nSPS) is 11.4. The third-order valence-electron chi connectivity index (χ3n) is 5.40. The molecule has 0 radical (unpaired) electrons. The number of ether oxygens (including phenoxy) is 1. The van der Waals surface area contributed by atoms with Gasteiger partial charge in [0.1, 0.15) is 12.4 Å². The molecule has 0 aliphatic heterocycles. The molecule has 0 aliphatic carbocycles. The number of nitrogens with zero attached hydrogens (tertiary/aromatic N) is 1. The van der Waals surface area contributed by atoms with Crippen LogP contribution in [0.2, 0.25) is 10.0 Å². The summed E-state index contributed by atoms with van der Waals surface area (Å²) in [6.07, 6.45) is 1.47. The summed E-state index contributed by atoms with van der Waals surface area (Å²) >= 11 is 12.2. The molecule has 0 heterocycles. The van der Waals surface area contributed by atoms with E-state index in [0.29, 0.717) is 32.5 Å².